The first-order valence-corrected chi connectivity index (χ1v) is 5.44. The van der Waals surface area contributed by atoms with Crippen LogP contribution in [0.15, 0.2) is 29.1 Å². The van der Waals surface area contributed by atoms with Crippen LogP contribution >= 0.6 is 0 Å². The Kier molecular flexibility index (Phi) is 3.11. The van der Waals surface area contributed by atoms with Crippen LogP contribution in [-0.4, -0.2) is 9.97 Å². The quantitative estimate of drug-likeness (QED) is 0.841. The molecule has 1 heterocycles. The molecule has 2 aromatic rings. The normalized spacial score (nSPS) is 9.83. The number of aromatic nitrogens is 2. The van der Waals surface area contributed by atoms with Gasteiger partial charge in [-0.2, -0.15) is 10.2 Å². The van der Waals surface area contributed by atoms with E-state index in [1.165, 1.54) is 6.07 Å². The van der Waals surface area contributed by atoms with Gasteiger partial charge in [0.05, 0.1) is 0 Å². The average Bonchev–Trinajstić information content (AvgIpc) is 2.32. The maximum Gasteiger partial charge on any atom is 0.347 e. The van der Waals surface area contributed by atoms with E-state index in [1.54, 1.807) is 0 Å². The summed E-state index contributed by atoms with van der Waals surface area (Å²) in [5, 5.41) is 11.8. The fourth-order valence-electron chi connectivity index (χ4n) is 1.67. The summed E-state index contributed by atoms with van der Waals surface area (Å²) >= 11 is 0. The van der Waals surface area contributed by atoms with E-state index in [-0.39, 0.29) is 5.69 Å². The van der Waals surface area contributed by atoms with Gasteiger partial charge >= 0.3 is 5.69 Å². The van der Waals surface area contributed by atoms with Gasteiger partial charge in [0.1, 0.15) is 17.6 Å². The summed E-state index contributed by atoms with van der Waals surface area (Å²) in [7, 11) is 0. The topological polar surface area (TPSA) is 81.6 Å². The highest BCUT2D eigenvalue weighted by molar-refractivity contribution is 5.61. The lowest BCUT2D eigenvalue weighted by Crippen LogP contribution is -2.13. The summed E-state index contributed by atoms with van der Waals surface area (Å²) in [4.78, 5) is 17.3. The number of rotatable bonds is 2. The molecule has 0 unspecified atom stereocenters. The van der Waals surface area contributed by atoms with Gasteiger partial charge in [-0.3, -0.25) is 4.98 Å². The summed E-state index contributed by atoms with van der Waals surface area (Å²) in [5.41, 5.74) is 2.72. The lowest BCUT2D eigenvalue weighted by molar-refractivity contribution is 1.06. The molecule has 0 bridgehead atoms. The van der Waals surface area contributed by atoms with E-state index in [9.17, 15) is 4.79 Å². The van der Waals surface area contributed by atoms with Gasteiger partial charge in [0.15, 0.2) is 0 Å². The second-order valence-corrected chi connectivity index (χ2v) is 4.04. The zero-order valence-corrected chi connectivity index (χ0v) is 10.1. The van der Waals surface area contributed by atoms with Crippen LogP contribution in [0, 0.1) is 25.2 Å². The van der Waals surface area contributed by atoms with Crippen molar-refractivity contribution in [3.63, 3.8) is 0 Å². The van der Waals surface area contributed by atoms with Crippen LogP contribution in [-0.2, 0) is 0 Å². The van der Waals surface area contributed by atoms with Gasteiger partial charge in [-0.1, -0.05) is 17.7 Å². The molecule has 0 spiro atoms. The Labute approximate surface area is 104 Å². The van der Waals surface area contributed by atoms with Gasteiger partial charge < -0.3 is 5.32 Å². The predicted molar refractivity (Wildman–Crippen MR) is 68.8 cm³/mol. The van der Waals surface area contributed by atoms with Crippen LogP contribution in [0.5, 0.6) is 0 Å². The van der Waals surface area contributed by atoms with E-state index in [1.807, 2.05) is 38.1 Å². The molecule has 0 amide bonds. The van der Waals surface area contributed by atoms with Crippen molar-refractivity contribution in [1.29, 1.82) is 5.26 Å². The number of anilines is 2. The third-order valence-electron chi connectivity index (χ3n) is 2.51. The highest BCUT2D eigenvalue weighted by Gasteiger charge is 2.03. The molecule has 1 aromatic carbocycles. The van der Waals surface area contributed by atoms with Gasteiger partial charge in [-0.05, 0) is 25.5 Å². The summed E-state index contributed by atoms with van der Waals surface area (Å²) < 4.78 is 0. The first kappa shape index (κ1) is 11.9. The molecule has 0 aliphatic carbocycles. The van der Waals surface area contributed by atoms with Gasteiger partial charge in [-0.15, -0.1) is 0 Å². The third kappa shape index (κ3) is 2.55. The molecule has 5 nitrogen and oxygen atoms in total. The number of hydrogen-bond acceptors (Lipinski definition) is 4. The number of hydrogen-bond donors (Lipinski definition) is 2. The van der Waals surface area contributed by atoms with E-state index in [4.69, 9.17) is 5.26 Å². The Balaban J connectivity index is 2.37. The monoisotopic (exact) mass is 240 g/mol. The van der Waals surface area contributed by atoms with Crippen molar-refractivity contribution in [3.05, 3.63) is 51.6 Å². The van der Waals surface area contributed by atoms with Crippen LogP contribution in [0.1, 0.15) is 16.8 Å². The lowest BCUT2D eigenvalue weighted by Gasteiger charge is -2.09. The average molecular weight is 240 g/mol. The van der Waals surface area contributed by atoms with Gasteiger partial charge in [0.25, 0.3) is 0 Å². The second kappa shape index (κ2) is 4.72. The van der Waals surface area contributed by atoms with Crippen molar-refractivity contribution >= 4 is 11.5 Å². The molecule has 0 fully saturated rings. The molecule has 0 saturated heterocycles. The molecular formula is C13H12N4O. The molecule has 1 aromatic heterocycles. The van der Waals surface area contributed by atoms with E-state index < -0.39 is 5.69 Å². The number of aromatic amines is 1. The van der Waals surface area contributed by atoms with E-state index in [0.717, 1.165) is 16.8 Å². The Morgan fingerprint density at radius 1 is 1.33 bits per heavy atom. The second-order valence-electron chi connectivity index (χ2n) is 4.04. The Morgan fingerprint density at radius 2 is 2.11 bits per heavy atom. The number of aryl methyl sites for hydroxylation is 2. The Morgan fingerprint density at radius 3 is 2.78 bits per heavy atom. The molecule has 2 N–H and O–H groups in total. The Bertz CT molecular complexity index is 682. The largest absolute Gasteiger partial charge is 0.347 e. The molecule has 5 heteroatoms. The fourth-order valence-corrected chi connectivity index (χ4v) is 1.67. The smallest absolute Gasteiger partial charge is 0.340 e. The summed E-state index contributed by atoms with van der Waals surface area (Å²) in [6, 6.07) is 9.29. The Hall–Kier alpha value is -2.61. The zero-order valence-electron chi connectivity index (χ0n) is 10.1. The molecule has 0 aliphatic rings. The summed E-state index contributed by atoms with van der Waals surface area (Å²) in [5.74, 6) is 0.363. The maximum absolute atomic E-state index is 11.2. The first-order valence-electron chi connectivity index (χ1n) is 5.44. The first-order chi connectivity index (χ1) is 8.58. The van der Waals surface area contributed by atoms with E-state index >= 15 is 0 Å². The molecule has 0 aliphatic heterocycles. The molecule has 0 atom stereocenters. The van der Waals surface area contributed by atoms with Crippen LogP contribution in [0.25, 0.3) is 0 Å². The summed E-state index contributed by atoms with van der Waals surface area (Å²) in [6.07, 6.45) is 0. The number of nitrogens with one attached hydrogen (secondary N) is 2. The minimum absolute atomic E-state index is 0.183. The zero-order chi connectivity index (χ0) is 13.1. The molecule has 90 valence electrons. The molecule has 0 radical (unpaired) electrons. The highest BCUT2D eigenvalue weighted by Crippen LogP contribution is 2.19. The van der Waals surface area contributed by atoms with Crippen molar-refractivity contribution in [1.82, 2.24) is 9.97 Å². The standard InChI is InChI=1S/C13H12N4O/c1-8-3-4-11(9(2)5-8)16-12-6-10(7-14)15-13(18)17-12/h3-6H,1-2H3,(H2,15,16,17,18). The lowest BCUT2D eigenvalue weighted by atomic mass is 10.1. The van der Waals surface area contributed by atoms with Crippen LogP contribution in [0.3, 0.4) is 0 Å². The number of nitriles is 1. The number of benzene rings is 1. The van der Waals surface area contributed by atoms with Crippen molar-refractivity contribution in [2.75, 3.05) is 5.32 Å². The van der Waals surface area contributed by atoms with Crippen molar-refractivity contribution in [2.45, 2.75) is 13.8 Å². The van der Waals surface area contributed by atoms with Crippen LogP contribution in [0.4, 0.5) is 11.5 Å². The fraction of sp³-hybridized carbons (Fsp3) is 0.154. The van der Waals surface area contributed by atoms with Crippen molar-refractivity contribution in [2.24, 2.45) is 0 Å². The van der Waals surface area contributed by atoms with Gasteiger partial charge in [0, 0.05) is 11.8 Å². The van der Waals surface area contributed by atoms with Gasteiger partial charge in [0.2, 0.25) is 0 Å². The molecule has 2 rings (SSSR count). The van der Waals surface area contributed by atoms with E-state index in [0.29, 0.717) is 5.82 Å². The third-order valence-corrected chi connectivity index (χ3v) is 2.51. The predicted octanol–water partition coefficient (Wildman–Crippen LogP) is 2.00. The molecular weight excluding hydrogens is 228 g/mol. The maximum atomic E-state index is 11.2. The minimum atomic E-state index is -0.540. The molecule has 0 saturated carbocycles. The SMILES string of the molecule is Cc1ccc(Nc2cc(C#N)[nH]c(=O)n2)c(C)c1. The summed E-state index contributed by atoms with van der Waals surface area (Å²) in [6.45, 7) is 3.98. The van der Waals surface area contributed by atoms with Crippen molar-refractivity contribution < 1.29 is 0 Å². The highest BCUT2D eigenvalue weighted by atomic mass is 16.1. The van der Waals surface area contributed by atoms with Crippen LogP contribution in [0.2, 0.25) is 0 Å². The number of H-pyrrole nitrogens is 1. The minimum Gasteiger partial charge on any atom is -0.340 e. The molecule has 18 heavy (non-hydrogen) atoms. The van der Waals surface area contributed by atoms with Crippen molar-refractivity contribution in [3.8, 4) is 6.07 Å². The van der Waals surface area contributed by atoms with E-state index in [2.05, 4.69) is 15.3 Å². The van der Waals surface area contributed by atoms with Gasteiger partial charge in [-0.25, -0.2) is 4.79 Å². The van der Waals surface area contributed by atoms with Crippen LogP contribution < -0.4 is 11.0 Å². The number of nitrogens with zero attached hydrogens (tertiary/aromatic N) is 2.